The third kappa shape index (κ3) is 4.02. The third-order valence-corrected chi connectivity index (χ3v) is 5.32. The largest absolute Gasteiger partial charge is 0.497 e. The maximum Gasteiger partial charge on any atom is 0.261 e. The molecular formula is C17H19FN2O4S. The molecule has 1 N–H and O–H groups in total. The topological polar surface area (TPSA) is 67.9 Å². The molecule has 0 spiro atoms. The van der Waals surface area contributed by atoms with Gasteiger partial charge >= 0.3 is 0 Å². The van der Waals surface area contributed by atoms with Gasteiger partial charge < -0.3 is 14.4 Å². The van der Waals surface area contributed by atoms with E-state index in [1.165, 1.54) is 43.5 Å². The van der Waals surface area contributed by atoms with Crippen LogP contribution < -0.4 is 14.4 Å². The normalized spacial score (nSPS) is 15.0. The number of nitrogens with zero attached hydrogens (tertiary/aromatic N) is 1. The van der Waals surface area contributed by atoms with Crippen LogP contribution in [0.5, 0.6) is 5.75 Å². The first-order valence-electron chi connectivity index (χ1n) is 7.79. The quantitative estimate of drug-likeness (QED) is 0.881. The number of methoxy groups -OCH3 is 1. The SMILES string of the molecule is COc1ccc(S(=O)(=O)Nc2cc(N3CCOCC3)ccc2F)cc1. The molecule has 25 heavy (non-hydrogen) atoms. The summed E-state index contributed by atoms with van der Waals surface area (Å²) in [5.41, 5.74) is 0.664. The van der Waals surface area contributed by atoms with E-state index in [1.54, 1.807) is 6.07 Å². The lowest BCUT2D eigenvalue weighted by Gasteiger charge is -2.29. The molecule has 6 nitrogen and oxygen atoms in total. The highest BCUT2D eigenvalue weighted by Crippen LogP contribution is 2.26. The van der Waals surface area contributed by atoms with Crippen molar-refractivity contribution in [3.8, 4) is 5.75 Å². The van der Waals surface area contributed by atoms with Gasteiger partial charge in [-0.1, -0.05) is 0 Å². The molecule has 3 rings (SSSR count). The molecule has 2 aromatic rings. The van der Waals surface area contributed by atoms with Crippen LogP contribution in [0.1, 0.15) is 0 Å². The Hall–Kier alpha value is -2.32. The van der Waals surface area contributed by atoms with Crippen molar-refractivity contribution < 1.29 is 22.3 Å². The van der Waals surface area contributed by atoms with E-state index in [0.29, 0.717) is 32.1 Å². The number of anilines is 2. The third-order valence-electron chi connectivity index (χ3n) is 3.94. The Morgan fingerprint density at radius 3 is 2.44 bits per heavy atom. The van der Waals surface area contributed by atoms with Gasteiger partial charge in [-0.3, -0.25) is 4.72 Å². The zero-order chi connectivity index (χ0) is 17.9. The number of nitrogens with one attached hydrogen (secondary N) is 1. The molecule has 1 fully saturated rings. The standard InChI is InChI=1S/C17H19FN2O4S/c1-23-14-3-5-15(6-4-14)25(21,22)19-17-12-13(2-7-16(17)18)20-8-10-24-11-9-20/h2-7,12,19H,8-11H2,1H3. The highest BCUT2D eigenvalue weighted by atomic mass is 32.2. The molecule has 0 aromatic heterocycles. The zero-order valence-electron chi connectivity index (χ0n) is 13.7. The number of morpholine rings is 1. The van der Waals surface area contributed by atoms with Crippen LogP contribution in [-0.4, -0.2) is 41.8 Å². The molecule has 134 valence electrons. The lowest BCUT2D eigenvalue weighted by molar-refractivity contribution is 0.122. The zero-order valence-corrected chi connectivity index (χ0v) is 14.6. The van der Waals surface area contributed by atoms with E-state index in [0.717, 1.165) is 5.69 Å². The van der Waals surface area contributed by atoms with Gasteiger partial charge in [0.25, 0.3) is 10.0 Å². The first-order chi connectivity index (χ1) is 12.0. The van der Waals surface area contributed by atoms with Crippen molar-refractivity contribution in [1.29, 1.82) is 0 Å². The van der Waals surface area contributed by atoms with E-state index in [9.17, 15) is 12.8 Å². The van der Waals surface area contributed by atoms with Gasteiger partial charge in [-0.05, 0) is 42.5 Å². The number of rotatable bonds is 5. The molecule has 1 aliphatic heterocycles. The number of benzene rings is 2. The van der Waals surface area contributed by atoms with Crippen molar-refractivity contribution >= 4 is 21.4 Å². The van der Waals surface area contributed by atoms with Gasteiger partial charge in [-0.2, -0.15) is 0 Å². The van der Waals surface area contributed by atoms with Crippen molar-refractivity contribution in [3.63, 3.8) is 0 Å². The minimum absolute atomic E-state index is 0.0319. The summed E-state index contributed by atoms with van der Waals surface area (Å²) < 4.78 is 51.7. The van der Waals surface area contributed by atoms with Gasteiger partial charge in [0.15, 0.2) is 0 Å². The summed E-state index contributed by atoms with van der Waals surface area (Å²) in [5, 5.41) is 0. The summed E-state index contributed by atoms with van der Waals surface area (Å²) >= 11 is 0. The summed E-state index contributed by atoms with van der Waals surface area (Å²) in [5.74, 6) is -0.0893. The molecule has 1 aliphatic rings. The molecule has 0 radical (unpaired) electrons. The maximum absolute atomic E-state index is 14.1. The Kier molecular flexibility index (Phi) is 5.10. The fourth-order valence-corrected chi connectivity index (χ4v) is 3.63. The van der Waals surface area contributed by atoms with Crippen LogP contribution >= 0.6 is 0 Å². The Bertz CT molecular complexity index is 834. The van der Waals surface area contributed by atoms with Crippen LogP contribution in [0.3, 0.4) is 0 Å². The van der Waals surface area contributed by atoms with E-state index in [2.05, 4.69) is 4.72 Å². The summed E-state index contributed by atoms with van der Waals surface area (Å²) in [6.45, 7) is 2.53. The molecule has 8 heteroatoms. The molecule has 1 heterocycles. The predicted molar refractivity (Wildman–Crippen MR) is 93.2 cm³/mol. The molecule has 0 atom stereocenters. The molecule has 0 saturated carbocycles. The average Bonchev–Trinajstić information content (AvgIpc) is 2.64. The number of halogens is 1. The monoisotopic (exact) mass is 366 g/mol. The van der Waals surface area contributed by atoms with E-state index in [1.807, 2.05) is 4.90 Å². The highest BCUT2D eigenvalue weighted by molar-refractivity contribution is 7.92. The first-order valence-corrected chi connectivity index (χ1v) is 9.27. The van der Waals surface area contributed by atoms with Crippen LogP contribution in [0.25, 0.3) is 0 Å². The van der Waals surface area contributed by atoms with Crippen molar-refractivity contribution in [2.45, 2.75) is 4.90 Å². The molecule has 0 bridgehead atoms. The fraction of sp³-hybridized carbons (Fsp3) is 0.294. The van der Waals surface area contributed by atoms with Crippen LogP contribution in [0, 0.1) is 5.82 Å². The van der Waals surface area contributed by atoms with E-state index in [-0.39, 0.29) is 10.6 Å². The van der Waals surface area contributed by atoms with Gasteiger partial charge in [0, 0.05) is 18.8 Å². The Labute approximate surface area is 146 Å². The van der Waals surface area contributed by atoms with Gasteiger partial charge in [0.05, 0.1) is 30.9 Å². The van der Waals surface area contributed by atoms with Crippen LogP contribution in [0.4, 0.5) is 15.8 Å². The average molecular weight is 366 g/mol. The van der Waals surface area contributed by atoms with Gasteiger partial charge in [0.1, 0.15) is 11.6 Å². The van der Waals surface area contributed by atoms with Crippen molar-refractivity contribution in [2.75, 3.05) is 43.0 Å². The minimum atomic E-state index is -3.90. The second kappa shape index (κ2) is 7.28. The molecule has 2 aromatic carbocycles. The van der Waals surface area contributed by atoms with Crippen molar-refractivity contribution in [3.05, 3.63) is 48.3 Å². The van der Waals surface area contributed by atoms with Crippen molar-refractivity contribution in [2.24, 2.45) is 0 Å². The molecule has 0 amide bonds. The summed E-state index contributed by atoms with van der Waals surface area (Å²) in [7, 11) is -2.40. The first kappa shape index (κ1) is 17.5. The number of sulfonamides is 1. The molecule has 1 saturated heterocycles. The summed E-state index contributed by atoms with van der Waals surface area (Å²) in [6.07, 6.45) is 0. The van der Waals surface area contributed by atoms with Gasteiger partial charge in [0.2, 0.25) is 0 Å². The Balaban J connectivity index is 1.85. The Morgan fingerprint density at radius 1 is 1.12 bits per heavy atom. The van der Waals surface area contributed by atoms with Crippen LogP contribution in [-0.2, 0) is 14.8 Å². The maximum atomic E-state index is 14.1. The smallest absolute Gasteiger partial charge is 0.261 e. The molecular weight excluding hydrogens is 347 g/mol. The van der Waals surface area contributed by atoms with Gasteiger partial charge in [-0.15, -0.1) is 0 Å². The fourth-order valence-electron chi connectivity index (χ4n) is 2.57. The second-order valence-electron chi connectivity index (χ2n) is 5.54. The van der Waals surface area contributed by atoms with E-state index in [4.69, 9.17) is 9.47 Å². The number of hydrogen-bond acceptors (Lipinski definition) is 5. The summed E-state index contributed by atoms with van der Waals surface area (Å²) in [4.78, 5) is 2.05. The van der Waals surface area contributed by atoms with Crippen molar-refractivity contribution in [1.82, 2.24) is 0 Å². The highest BCUT2D eigenvalue weighted by Gasteiger charge is 2.18. The summed E-state index contributed by atoms with van der Waals surface area (Å²) in [6, 6.07) is 10.3. The Morgan fingerprint density at radius 2 is 1.80 bits per heavy atom. The molecule has 0 unspecified atom stereocenters. The van der Waals surface area contributed by atoms with Crippen LogP contribution in [0.15, 0.2) is 47.4 Å². The van der Waals surface area contributed by atoms with E-state index < -0.39 is 15.8 Å². The lowest BCUT2D eigenvalue weighted by atomic mass is 10.2. The van der Waals surface area contributed by atoms with Crippen LogP contribution in [0.2, 0.25) is 0 Å². The predicted octanol–water partition coefficient (Wildman–Crippen LogP) is 2.47. The minimum Gasteiger partial charge on any atom is -0.497 e. The second-order valence-corrected chi connectivity index (χ2v) is 7.23. The lowest BCUT2D eigenvalue weighted by Crippen LogP contribution is -2.36. The van der Waals surface area contributed by atoms with E-state index >= 15 is 0 Å². The molecule has 0 aliphatic carbocycles. The van der Waals surface area contributed by atoms with Gasteiger partial charge in [-0.25, -0.2) is 12.8 Å². The number of hydrogen-bond donors (Lipinski definition) is 1. The number of ether oxygens (including phenoxy) is 2.